The molecule has 0 aliphatic heterocycles. The van der Waals surface area contributed by atoms with Gasteiger partial charge in [-0.25, -0.2) is 0 Å². The molecule has 0 saturated heterocycles. The smallest absolute Gasteiger partial charge is 0.259 e. The van der Waals surface area contributed by atoms with Crippen LogP contribution in [0, 0.1) is 0 Å². The summed E-state index contributed by atoms with van der Waals surface area (Å²) < 4.78 is 12.7. The minimum absolute atomic E-state index is 0.292. The second-order valence-electron chi connectivity index (χ2n) is 6.76. The number of rotatable bonds is 6. The van der Waals surface area contributed by atoms with Crippen LogP contribution in [0.5, 0.6) is 11.5 Å². The topological polar surface area (TPSA) is 91.2 Å². The minimum atomic E-state index is -0.337. The summed E-state index contributed by atoms with van der Waals surface area (Å²) in [6.45, 7) is 0. The van der Waals surface area contributed by atoms with E-state index in [1.807, 2.05) is 24.3 Å². The molecule has 8 nitrogen and oxygen atoms in total. The van der Waals surface area contributed by atoms with Crippen molar-refractivity contribution >= 4 is 23.2 Å². The lowest BCUT2D eigenvalue weighted by Crippen LogP contribution is -2.14. The van der Waals surface area contributed by atoms with Crippen molar-refractivity contribution < 1.29 is 14.3 Å². The molecule has 1 aromatic heterocycles. The van der Waals surface area contributed by atoms with Gasteiger partial charge in [0.25, 0.3) is 5.91 Å². The van der Waals surface area contributed by atoms with Crippen molar-refractivity contribution in [3.8, 4) is 17.2 Å². The maximum absolute atomic E-state index is 12.8. The normalized spacial score (nSPS) is 14.0. The van der Waals surface area contributed by atoms with Gasteiger partial charge >= 0.3 is 0 Å². The molecule has 0 unspecified atom stereocenters. The number of nitrogens with zero attached hydrogens (tertiary/aromatic N) is 4. The zero-order valence-corrected chi connectivity index (χ0v) is 16.6. The number of hydrogen-bond acceptors (Lipinski definition) is 6. The number of anilines is 1. The summed E-state index contributed by atoms with van der Waals surface area (Å²) in [5, 5.41) is 14.2. The maximum Gasteiger partial charge on any atom is 0.259 e. The van der Waals surface area contributed by atoms with Crippen LogP contribution in [0.1, 0.15) is 36.0 Å². The lowest BCUT2D eigenvalue weighted by Gasteiger charge is -2.14. The highest BCUT2D eigenvalue weighted by molar-refractivity contribution is 6.33. The third-order valence-electron chi connectivity index (χ3n) is 4.83. The second-order valence-corrected chi connectivity index (χ2v) is 7.17. The standard InChI is InChI=1S/C20H20ClN5O3/c1-28-19-11-18(26-12-22-24-25-26)17(21)10-16(19)20(27)23-13-6-8-15(9-7-13)29-14-4-2-3-5-14/h6-12,14H,2-5H2,1H3,(H,23,27). The van der Waals surface area contributed by atoms with E-state index in [-0.39, 0.29) is 5.91 Å². The number of carbonyl (C=O) groups excluding carboxylic acids is 1. The molecule has 1 aliphatic carbocycles. The molecule has 150 valence electrons. The quantitative estimate of drug-likeness (QED) is 0.659. The molecule has 1 saturated carbocycles. The van der Waals surface area contributed by atoms with Crippen molar-refractivity contribution in [2.45, 2.75) is 31.8 Å². The molecule has 1 N–H and O–H groups in total. The van der Waals surface area contributed by atoms with Crippen LogP contribution in [0.15, 0.2) is 42.7 Å². The van der Waals surface area contributed by atoms with Crippen LogP contribution in [0.25, 0.3) is 5.69 Å². The molecule has 4 rings (SSSR count). The first kappa shape index (κ1) is 19.2. The van der Waals surface area contributed by atoms with Crippen LogP contribution in [0.4, 0.5) is 5.69 Å². The molecule has 1 fully saturated rings. The summed E-state index contributed by atoms with van der Waals surface area (Å²) in [6, 6.07) is 10.5. The summed E-state index contributed by atoms with van der Waals surface area (Å²) in [7, 11) is 1.48. The lowest BCUT2D eigenvalue weighted by molar-refractivity contribution is 0.102. The van der Waals surface area contributed by atoms with E-state index in [1.165, 1.54) is 37.0 Å². The van der Waals surface area contributed by atoms with E-state index < -0.39 is 0 Å². The predicted octanol–water partition coefficient (Wildman–Crippen LogP) is 3.90. The van der Waals surface area contributed by atoms with Gasteiger partial charge in [0, 0.05) is 11.8 Å². The van der Waals surface area contributed by atoms with E-state index in [0.717, 1.165) is 18.6 Å². The maximum atomic E-state index is 12.8. The average molecular weight is 414 g/mol. The Kier molecular flexibility index (Phi) is 5.62. The molecular weight excluding hydrogens is 394 g/mol. The SMILES string of the molecule is COc1cc(-n2cnnn2)c(Cl)cc1C(=O)Nc1ccc(OC2CCCC2)cc1. The number of tetrazole rings is 1. The molecule has 0 spiro atoms. The summed E-state index contributed by atoms with van der Waals surface area (Å²) in [5.41, 5.74) is 1.47. The Morgan fingerprint density at radius 2 is 1.97 bits per heavy atom. The van der Waals surface area contributed by atoms with Crippen molar-refractivity contribution in [3.63, 3.8) is 0 Å². The van der Waals surface area contributed by atoms with Crippen molar-refractivity contribution in [2.75, 3.05) is 12.4 Å². The van der Waals surface area contributed by atoms with Gasteiger partial charge in [0.05, 0.1) is 29.5 Å². The highest BCUT2D eigenvalue weighted by Gasteiger charge is 2.19. The number of benzene rings is 2. The molecule has 0 bridgehead atoms. The Balaban J connectivity index is 1.49. The highest BCUT2D eigenvalue weighted by Crippen LogP contribution is 2.30. The van der Waals surface area contributed by atoms with Crippen LogP contribution in [0.3, 0.4) is 0 Å². The third kappa shape index (κ3) is 4.32. The van der Waals surface area contributed by atoms with Crippen LogP contribution in [-0.4, -0.2) is 39.3 Å². The monoisotopic (exact) mass is 413 g/mol. The molecule has 29 heavy (non-hydrogen) atoms. The van der Waals surface area contributed by atoms with Gasteiger partial charge in [0.1, 0.15) is 17.8 Å². The Morgan fingerprint density at radius 1 is 1.21 bits per heavy atom. The average Bonchev–Trinajstić information content (AvgIpc) is 3.43. The largest absolute Gasteiger partial charge is 0.496 e. The number of methoxy groups -OCH3 is 1. The third-order valence-corrected chi connectivity index (χ3v) is 5.13. The van der Waals surface area contributed by atoms with Gasteiger partial charge in [0.15, 0.2) is 0 Å². The van der Waals surface area contributed by atoms with E-state index in [9.17, 15) is 4.79 Å². The van der Waals surface area contributed by atoms with Gasteiger partial charge < -0.3 is 14.8 Å². The Morgan fingerprint density at radius 3 is 2.62 bits per heavy atom. The minimum Gasteiger partial charge on any atom is -0.496 e. The van der Waals surface area contributed by atoms with Crippen molar-refractivity contribution in [1.29, 1.82) is 0 Å². The van der Waals surface area contributed by atoms with Gasteiger partial charge in [-0.2, -0.15) is 4.68 Å². The number of halogens is 1. The van der Waals surface area contributed by atoms with E-state index in [1.54, 1.807) is 6.07 Å². The Bertz CT molecular complexity index is 986. The second kappa shape index (κ2) is 8.48. The van der Waals surface area contributed by atoms with E-state index in [0.29, 0.717) is 33.8 Å². The molecule has 0 radical (unpaired) electrons. The molecule has 2 aromatic carbocycles. The molecular formula is C20H20ClN5O3. The number of aromatic nitrogens is 4. The predicted molar refractivity (Wildman–Crippen MR) is 108 cm³/mol. The fraction of sp³-hybridized carbons (Fsp3) is 0.300. The van der Waals surface area contributed by atoms with Crippen molar-refractivity contribution in [1.82, 2.24) is 20.2 Å². The fourth-order valence-corrected chi connectivity index (χ4v) is 3.60. The number of ether oxygens (including phenoxy) is 2. The number of nitrogens with one attached hydrogen (secondary N) is 1. The van der Waals surface area contributed by atoms with Gasteiger partial charge in [-0.05, 0) is 66.4 Å². The van der Waals surface area contributed by atoms with E-state index >= 15 is 0 Å². The lowest BCUT2D eigenvalue weighted by atomic mass is 10.1. The molecule has 1 aliphatic rings. The Hall–Kier alpha value is -3.13. The summed E-state index contributed by atoms with van der Waals surface area (Å²) >= 11 is 6.33. The van der Waals surface area contributed by atoms with Crippen LogP contribution >= 0.6 is 11.6 Å². The van der Waals surface area contributed by atoms with Gasteiger partial charge in [-0.3, -0.25) is 4.79 Å². The highest BCUT2D eigenvalue weighted by atomic mass is 35.5. The molecule has 1 amide bonds. The van der Waals surface area contributed by atoms with Crippen LogP contribution in [0.2, 0.25) is 5.02 Å². The summed E-state index contributed by atoms with van der Waals surface area (Å²) in [6.07, 6.45) is 6.33. The first-order valence-corrected chi connectivity index (χ1v) is 9.71. The van der Waals surface area contributed by atoms with Crippen molar-refractivity contribution in [2.24, 2.45) is 0 Å². The first-order valence-electron chi connectivity index (χ1n) is 9.33. The zero-order valence-electron chi connectivity index (χ0n) is 15.8. The number of amides is 1. The van der Waals surface area contributed by atoms with E-state index in [2.05, 4.69) is 20.8 Å². The van der Waals surface area contributed by atoms with Gasteiger partial charge in [-0.1, -0.05) is 11.6 Å². The molecule has 1 heterocycles. The summed E-state index contributed by atoms with van der Waals surface area (Å²) in [5.74, 6) is 0.830. The Labute approximate surface area is 172 Å². The van der Waals surface area contributed by atoms with E-state index in [4.69, 9.17) is 21.1 Å². The van der Waals surface area contributed by atoms with Crippen LogP contribution in [-0.2, 0) is 0 Å². The van der Waals surface area contributed by atoms with Crippen LogP contribution < -0.4 is 14.8 Å². The summed E-state index contributed by atoms with van der Waals surface area (Å²) in [4.78, 5) is 12.8. The number of hydrogen-bond donors (Lipinski definition) is 1. The van der Waals surface area contributed by atoms with Gasteiger partial charge in [-0.15, -0.1) is 5.10 Å². The zero-order chi connectivity index (χ0) is 20.2. The van der Waals surface area contributed by atoms with Gasteiger partial charge in [0.2, 0.25) is 0 Å². The fourth-order valence-electron chi connectivity index (χ4n) is 3.35. The van der Waals surface area contributed by atoms with Crippen molar-refractivity contribution in [3.05, 3.63) is 53.3 Å². The molecule has 3 aromatic rings. The molecule has 9 heteroatoms. The number of carbonyl (C=O) groups is 1. The molecule has 0 atom stereocenters. The first-order chi connectivity index (χ1) is 14.1.